The van der Waals surface area contributed by atoms with Gasteiger partial charge < -0.3 is 20.0 Å². The van der Waals surface area contributed by atoms with Crippen LogP contribution in [0.25, 0.3) is 0 Å². The molecule has 23 heavy (non-hydrogen) atoms. The number of carboxylic acid groups (broad SMARTS) is 2. The van der Waals surface area contributed by atoms with Crippen molar-refractivity contribution in [2.24, 2.45) is 11.3 Å². The molecule has 6 heteroatoms. The summed E-state index contributed by atoms with van der Waals surface area (Å²) in [6.45, 7) is 14.8. The van der Waals surface area contributed by atoms with E-state index in [-0.39, 0.29) is 11.3 Å². The Morgan fingerprint density at radius 3 is 2.00 bits per heavy atom. The highest BCUT2D eigenvalue weighted by Gasteiger charge is 2.26. The summed E-state index contributed by atoms with van der Waals surface area (Å²) in [6, 6.07) is 0. The van der Waals surface area contributed by atoms with Crippen LogP contribution in [-0.4, -0.2) is 58.4 Å². The van der Waals surface area contributed by atoms with Crippen LogP contribution in [0.2, 0.25) is 0 Å². The Hall–Kier alpha value is -1.98. The van der Waals surface area contributed by atoms with Crippen LogP contribution in [0, 0.1) is 11.3 Å². The van der Waals surface area contributed by atoms with Crippen LogP contribution in [0.3, 0.4) is 0 Å². The normalized spacial score (nSPS) is 12.3. The van der Waals surface area contributed by atoms with Gasteiger partial charge in [0.1, 0.15) is 0 Å². The second-order valence-corrected chi connectivity index (χ2v) is 6.73. The number of hydrogen-bond acceptors (Lipinski definition) is 2. The lowest BCUT2D eigenvalue weighted by atomic mass is 9.81. The Balaban J connectivity index is 4.52. The topological polar surface area (TPSA) is 81.1 Å². The summed E-state index contributed by atoms with van der Waals surface area (Å²) in [5.41, 5.74) is -0.187. The lowest BCUT2D eigenvalue weighted by Crippen LogP contribution is -2.39. The number of rotatable bonds is 11. The van der Waals surface area contributed by atoms with Crippen molar-refractivity contribution < 1.29 is 19.8 Å². The second-order valence-electron chi connectivity index (χ2n) is 6.73. The molecule has 0 bridgehead atoms. The zero-order valence-electron chi connectivity index (χ0n) is 14.5. The van der Waals surface area contributed by atoms with Gasteiger partial charge in [0.15, 0.2) is 0 Å². The molecule has 0 aromatic rings. The molecular weight excluding hydrogens is 296 g/mol. The average Bonchev–Trinajstić information content (AvgIpc) is 2.41. The average molecular weight is 326 g/mol. The molecule has 132 valence electrons. The zero-order chi connectivity index (χ0) is 18.0. The monoisotopic (exact) mass is 326 g/mol. The molecule has 0 rings (SSSR count). The van der Waals surface area contributed by atoms with Crippen LogP contribution < -0.4 is 0 Å². The first-order chi connectivity index (χ1) is 10.6. The predicted molar refractivity (Wildman–Crippen MR) is 91.8 cm³/mol. The Bertz CT molecular complexity index is 421. The molecule has 2 N–H and O–H groups in total. The number of carbonyl (C=O) groups is 2. The van der Waals surface area contributed by atoms with Gasteiger partial charge in [-0.2, -0.15) is 0 Å². The van der Waals surface area contributed by atoms with E-state index in [9.17, 15) is 14.7 Å². The minimum atomic E-state index is -0.950. The molecule has 6 nitrogen and oxygen atoms in total. The zero-order valence-corrected chi connectivity index (χ0v) is 14.5. The molecule has 0 saturated heterocycles. The smallest absolute Gasteiger partial charge is 0.407 e. The molecule has 1 unspecified atom stereocenters. The molecule has 0 aliphatic carbocycles. The van der Waals surface area contributed by atoms with Crippen molar-refractivity contribution in [1.29, 1.82) is 0 Å². The molecule has 0 aliphatic rings. The summed E-state index contributed by atoms with van der Waals surface area (Å²) in [7, 11) is 0. The van der Waals surface area contributed by atoms with Gasteiger partial charge >= 0.3 is 12.2 Å². The summed E-state index contributed by atoms with van der Waals surface area (Å²) >= 11 is 0. The largest absolute Gasteiger partial charge is 0.465 e. The minimum absolute atomic E-state index is 0.187. The van der Waals surface area contributed by atoms with Crippen molar-refractivity contribution in [3.63, 3.8) is 0 Å². The maximum Gasteiger partial charge on any atom is 0.407 e. The van der Waals surface area contributed by atoms with Gasteiger partial charge in [0, 0.05) is 26.2 Å². The first-order valence-corrected chi connectivity index (χ1v) is 7.80. The Morgan fingerprint density at radius 1 is 1.09 bits per heavy atom. The lowest BCUT2D eigenvalue weighted by molar-refractivity contribution is 0.117. The van der Waals surface area contributed by atoms with Gasteiger partial charge in [-0.25, -0.2) is 9.59 Å². The van der Waals surface area contributed by atoms with E-state index in [1.165, 1.54) is 9.80 Å². The summed E-state index contributed by atoms with van der Waals surface area (Å²) in [5, 5.41) is 18.3. The molecule has 0 fully saturated rings. The Labute approximate surface area is 139 Å². The van der Waals surface area contributed by atoms with Crippen LogP contribution in [0.5, 0.6) is 0 Å². The van der Waals surface area contributed by atoms with Crippen LogP contribution in [0.15, 0.2) is 25.3 Å². The summed E-state index contributed by atoms with van der Waals surface area (Å²) in [6.07, 6.45) is 2.80. The van der Waals surface area contributed by atoms with Crippen LogP contribution in [0.1, 0.15) is 33.6 Å². The van der Waals surface area contributed by atoms with E-state index in [1.54, 1.807) is 12.2 Å². The SMILES string of the molecule is C=CCN(CCC(C)CC(C)(C)CN(CC=C)C(=O)O)C(=O)O. The van der Waals surface area contributed by atoms with E-state index in [2.05, 4.69) is 20.1 Å². The van der Waals surface area contributed by atoms with Crippen molar-refractivity contribution >= 4 is 12.2 Å². The molecule has 0 aromatic heterocycles. The highest BCUT2D eigenvalue weighted by Crippen LogP contribution is 2.28. The van der Waals surface area contributed by atoms with Crippen LogP contribution in [-0.2, 0) is 0 Å². The van der Waals surface area contributed by atoms with Gasteiger partial charge in [0.2, 0.25) is 0 Å². The molecule has 0 aliphatic heterocycles. The van der Waals surface area contributed by atoms with Gasteiger partial charge in [-0.1, -0.05) is 32.9 Å². The summed E-state index contributed by atoms with van der Waals surface area (Å²) < 4.78 is 0. The van der Waals surface area contributed by atoms with Gasteiger partial charge in [-0.15, -0.1) is 13.2 Å². The van der Waals surface area contributed by atoms with Crippen molar-refractivity contribution in [2.45, 2.75) is 33.6 Å². The third kappa shape index (κ3) is 8.90. The summed E-state index contributed by atoms with van der Waals surface area (Å²) in [5.74, 6) is 0.288. The van der Waals surface area contributed by atoms with Crippen LogP contribution in [0.4, 0.5) is 9.59 Å². The molecule has 0 aromatic carbocycles. The van der Waals surface area contributed by atoms with Crippen molar-refractivity contribution in [3.05, 3.63) is 25.3 Å². The van der Waals surface area contributed by atoms with E-state index >= 15 is 0 Å². The highest BCUT2D eigenvalue weighted by atomic mass is 16.4. The van der Waals surface area contributed by atoms with Crippen molar-refractivity contribution in [1.82, 2.24) is 9.80 Å². The Morgan fingerprint density at radius 2 is 1.57 bits per heavy atom. The molecule has 0 heterocycles. The number of nitrogens with zero attached hydrogens (tertiary/aromatic N) is 2. The second kappa shape index (κ2) is 9.92. The van der Waals surface area contributed by atoms with E-state index < -0.39 is 12.2 Å². The maximum absolute atomic E-state index is 11.2. The number of amides is 2. The van der Waals surface area contributed by atoms with Crippen molar-refractivity contribution in [3.8, 4) is 0 Å². The van der Waals surface area contributed by atoms with Crippen molar-refractivity contribution in [2.75, 3.05) is 26.2 Å². The fraction of sp³-hybridized carbons (Fsp3) is 0.647. The number of hydrogen-bond donors (Lipinski definition) is 2. The fourth-order valence-electron chi connectivity index (χ4n) is 2.79. The fourth-order valence-corrected chi connectivity index (χ4v) is 2.79. The van der Waals surface area contributed by atoms with E-state index in [0.717, 1.165) is 12.8 Å². The lowest BCUT2D eigenvalue weighted by Gasteiger charge is -2.33. The standard InChI is InChI=1S/C17H30N2O4/c1-6-9-18(15(20)21)11-8-14(3)12-17(4,5)13-19(10-7-2)16(22)23/h6-7,14H,1-2,8-13H2,3-5H3,(H,20,21)(H,22,23). The van der Waals surface area contributed by atoms with Gasteiger partial charge in [0.05, 0.1) is 0 Å². The molecular formula is C17H30N2O4. The first kappa shape index (κ1) is 21.0. The quantitative estimate of drug-likeness (QED) is 0.566. The third-order valence-corrected chi connectivity index (χ3v) is 3.65. The van der Waals surface area contributed by atoms with Gasteiger partial charge in [-0.3, -0.25) is 0 Å². The van der Waals surface area contributed by atoms with Crippen LogP contribution >= 0.6 is 0 Å². The molecule has 0 radical (unpaired) electrons. The van der Waals surface area contributed by atoms with E-state index in [1.807, 2.05) is 13.8 Å². The van der Waals surface area contributed by atoms with Gasteiger partial charge in [0.25, 0.3) is 0 Å². The predicted octanol–water partition coefficient (Wildman–Crippen LogP) is 3.76. The van der Waals surface area contributed by atoms with E-state index in [4.69, 9.17) is 5.11 Å². The summed E-state index contributed by atoms with van der Waals surface area (Å²) in [4.78, 5) is 25.0. The third-order valence-electron chi connectivity index (χ3n) is 3.65. The Kier molecular flexibility index (Phi) is 9.07. The van der Waals surface area contributed by atoms with E-state index in [0.29, 0.717) is 26.2 Å². The minimum Gasteiger partial charge on any atom is -0.465 e. The highest BCUT2D eigenvalue weighted by molar-refractivity contribution is 5.65. The molecule has 0 saturated carbocycles. The maximum atomic E-state index is 11.2. The molecule has 2 amide bonds. The van der Waals surface area contributed by atoms with Gasteiger partial charge in [-0.05, 0) is 24.2 Å². The molecule has 1 atom stereocenters. The molecule has 0 spiro atoms. The first-order valence-electron chi connectivity index (χ1n) is 7.80.